The fourth-order valence-corrected chi connectivity index (χ4v) is 5.46. The SMILES string of the molecule is Cc1cc(Nc2cc3ncccc3c(N[C@@H]3C[C@H]4CC[C@@H](C3)N4CCC#N)n2)nn1CCC#N. The van der Waals surface area contributed by atoms with E-state index in [0.29, 0.717) is 49.1 Å². The second kappa shape index (κ2) is 9.66. The number of nitrogens with one attached hydrogen (secondary N) is 2. The molecule has 0 saturated carbocycles. The van der Waals surface area contributed by atoms with Gasteiger partial charge in [-0.3, -0.25) is 14.6 Å². The summed E-state index contributed by atoms with van der Waals surface area (Å²) >= 11 is 0. The summed E-state index contributed by atoms with van der Waals surface area (Å²) in [6.07, 6.45) is 7.36. The Kier molecular flexibility index (Phi) is 6.29. The van der Waals surface area contributed by atoms with Crippen molar-refractivity contribution in [3.05, 3.63) is 36.2 Å². The molecule has 2 N–H and O–H groups in total. The van der Waals surface area contributed by atoms with Gasteiger partial charge in [0.2, 0.25) is 0 Å². The van der Waals surface area contributed by atoms with Gasteiger partial charge in [0.05, 0.1) is 30.6 Å². The molecule has 0 unspecified atom stereocenters. The van der Waals surface area contributed by atoms with Gasteiger partial charge in [0.1, 0.15) is 11.6 Å². The van der Waals surface area contributed by atoms with E-state index in [1.54, 1.807) is 6.20 Å². The Labute approximate surface area is 199 Å². The van der Waals surface area contributed by atoms with Crippen LogP contribution in [0.5, 0.6) is 0 Å². The number of hydrogen-bond acceptors (Lipinski definition) is 8. The fourth-order valence-electron chi connectivity index (χ4n) is 5.46. The smallest absolute Gasteiger partial charge is 0.153 e. The van der Waals surface area contributed by atoms with Gasteiger partial charge in [-0.15, -0.1) is 0 Å². The van der Waals surface area contributed by atoms with E-state index in [0.717, 1.165) is 41.8 Å². The van der Waals surface area contributed by atoms with Crippen molar-refractivity contribution in [1.82, 2.24) is 24.6 Å². The van der Waals surface area contributed by atoms with E-state index in [-0.39, 0.29) is 0 Å². The van der Waals surface area contributed by atoms with E-state index in [4.69, 9.17) is 15.5 Å². The lowest BCUT2D eigenvalue weighted by molar-refractivity contribution is 0.136. The molecule has 0 spiro atoms. The molecule has 2 saturated heterocycles. The summed E-state index contributed by atoms with van der Waals surface area (Å²) in [6, 6.07) is 13.8. The zero-order valence-corrected chi connectivity index (χ0v) is 19.4. The topological polar surface area (TPSA) is 118 Å². The minimum absolute atomic E-state index is 0.342. The molecule has 5 rings (SSSR count). The molecule has 0 amide bonds. The molecule has 3 aromatic heterocycles. The van der Waals surface area contributed by atoms with Gasteiger partial charge in [0, 0.05) is 60.5 Å². The number of hydrogen-bond donors (Lipinski definition) is 2. The van der Waals surface area contributed by atoms with Crippen LogP contribution in [0.1, 0.15) is 44.2 Å². The molecule has 2 bridgehead atoms. The van der Waals surface area contributed by atoms with Crippen LogP contribution in [0, 0.1) is 29.6 Å². The average molecular weight is 456 g/mol. The van der Waals surface area contributed by atoms with Crippen LogP contribution in [0.2, 0.25) is 0 Å². The number of nitriles is 2. The molecule has 34 heavy (non-hydrogen) atoms. The van der Waals surface area contributed by atoms with Gasteiger partial charge in [0.25, 0.3) is 0 Å². The number of nitrogens with zero attached hydrogens (tertiary/aromatic N) is 7. The number of anilines is 3. The number of piperidine rings is 1. The van der Waals surface area contributed by atoms with Crippen LogP contribution in [0.4, 0.5) is 17.5 Å². The van der Waals surface area contributed by atoms with Crippen LogP contribution in [0.15, 0.2) is 30.5 Å². The first-order valence-electron chi connectivity index (χ1n) is 12.0. The molecular weight excluding hydrogens is 426 g/mol. The number of pyridine rings is 2. The molecule has 9 nitrogen and oxygen atoms in total. The molecule has 174 valence electrons. The first-order chi connectivity index (χ1) is 16.6. The lowest BCUT2D eigenvalue weighted by atomic mass is 9.97. The molecule has 5 heterocycles. The van der Waals surface area contributed by atoms with Crippen LogP contribution < -0.4 is 10.6 Å². The Balaban J connectivity index is 1.36. The Morgan fingerprint density at radius 1 is 1.06 bits per heavy atom. The van der Waals surface area contributed by atoms with Gasteiger partial charge in [-0.25, -0.2) is 4.98 Å². The van der Waals surface area contributed by atoms with E-state index in [9.17, 15) is 0 Å². The second-order valence-electron chi connectivity index (χ2n) is 9.20. The minimum atomic E-state index is 0.342. The van der Waals surface area contributed by atoms with Crippen LogP contribution in [0.25, 0.3) is 10.9 Å². The van der Waals surface area contributed by atoms with E-state index in [2.05, 4.69) is 43.8 Å². The monoisotopic (exact) mass is 455 g/mol. The summed E-state index contributed by atoms with van der Waals surface area (Å²) in [7, 11) is 0. The summed E-state index contributed by atoms with van der Waals surface area (Å²) in [6.45, 7) is 3.43. The third kappa shape index (κ3) is 4.52. The summed E-state index contributed by atoms with van der Waals surface area (Å²) in [5.41, 5.74) is 1.87. The third-order valence-corrected chi connectivity index (χ3v) is 6.98. The zero-order chi connectivity index (χ0) is 23.5. The van der Waals surface area contributed by atoms with Gasteiger partial charge in [-0.05, 0) is 44.7 Å². The zero-order valence-electron chi connectivity index (χ0n) is 19.4. The predicted molar refractivity (Wildman–Crippen MR) is 130 cm³/mol. The molecule has 2 fully saturated rings. The highest BCUT2D eigenvalue weighted by molar-refractivity contribution is 5.91. The van der Waals surface area contributed by atoms with Gasteiger partial charge in [-0.1, -0.05) is 0 Å². The van der Waals surface area contributed by atoms with Crippen molar-refractivity contribution in [2.45, 2.75) is 70.1 Å². The quantitative estimate of drug-likeness (QED) is 0.521. The molecule has 3 atom stereocenters. The Morgan fingerprint density at radius 3 is 2.59 bits per heavy atom. The summed E-state index contributed by atoms with van der Waals surface area (Å²) in [5.74, 6) is 2.23. The normalized spacial score (nSPS) is 21.8. The Bertz CT molecular complexity index is 1240. The highest BCUT2D eigenvalue weighted by atomic mass is 15.3. The Morgan fingerprint density at radius 2 is 1.82 bits per heavy atom. The van der Waals surface area contributed by atoms with Crippen molar-refractivity contribution < 1.29 is 0 Å². The van der Waals surface area contributed by atoms with Crippen molar-refractivity contribution in [2.24, 2.45) is 0 Å². The minimum Gasteiger partial charge on any atom is -0.367 e. The maximum atomic E-state index is 9.00. The standard InChI is InChI=1S/C25H29N9/c1-17-13-24(32-34(17)12-4-9-27)30-23-16-22-21(5-2-10-28-22)25(31-23)29-18-14-19-6-7-20(15-18)33(19)11-3-8-26/h2,5,10,13,16,18-20H,3-4,6-7,11-12,14-15H2,1H3,(H2,29,30,31,32)/t18-,19-,20+. The number of aromatic nitrogens is 4. The maximum absolute atomic E-state index is 9.00. The fraction of sp³-hybridized carbons (Fsp3) is 0.480. The van der Waals surface area contributed by atoms with Gasteiger partial charge < -0.3 is 10.6 Å². The Hall–Kier alpha value is -3.69. The average Bonchev–Trinajstić information content (AvgIpc) is 3.30. The van der Waals surface area contributed by atoms with Crippen molar-refractivity contribution >= 4 is 28.4 Å². The molecule has 3 aromatic rings. The molecule has 9 heteroatoms. The largest absolute Gasteiger partial charge is 0.367 e. The van der Waals surface area contributed by atoms with Crippen LogP contribution in [0.3, 0.4) is 0 Å². The highest BCUT2D eigenvalue weighted by Gasteiger charge is 2.40. The van der Waals surface area contributed by atoms with E-state index >= 15 is 0 Å². The third-order valence-electron chi connectivity index (χ3n) is 6.98. The highest BCUT2D eigenvalue weighted by Crippen LogP contribution is 2.37. The second-order valence-corrected chi connectivity index (χ2v) is 9.20. The lowest BCUT2D eigenvalue weighted by Crippen LogP contribution is -2.47. The van der Waals surface area contributed by atoms with E-state index < -0.39 is 0 Å². The van der Waals surface area contributed by atoms with Gasteiger partial charge >= 0.3 is 0 Å². The summed E-state index contributed by atoms with van der Waals surface area (Å²) in [5, 5.41) is 30.5. The summed E-state index contributed by atoms with van der Waals surface area (Å²) < 4.78 is 1.83. The predicted octanol–water partition coefficient (Wildman–Crippen LogP) is 4.11. The molecule has 0 aromatic carbocycles. The van der Waals surface area contributed by atoms with Crippen molar-refractivity contribution in [3.63, 3.8) is 0 Å². The molecule has 2 aliphatic rings. The van der Waals surface area contributed by atoms with Crippen molar-refractivity contribution in [3.8, 4) is 12.1 Å². The molecule has 2 aliphatic heterocycles. The lowest BCUT2D eigenvalue weighted by Gasteiger charge is -2.39. The van der Waals surface area contributed by atoms with E-state index in [1.807, 2.05) is 29.8 Å². The molecular formula is C25H29N9. The first kappa shape index (κ1) is 22.1. The van der Waals surface area contributed by atoms with Crippen LogP contribution in [-0.4, -0.2) is 49.3 Å². The summed E-state index contributed by atoms with van der Waals surface area (Å²) in [4.78, 5) is 12.0. The van der Waals surface area contributed by atoms with E-state index in [1.165, 1.54) is 12.8 Å². The van der Waals surface area contributed by atoms with Gasteiger partial charge in [0.15, 0.2) is 5.82 Å². The van der Waals surface area contributed by atoms with Gasteiger partial charge in [-0.2, -0.15) is 15.6 Å². The molecule has 0 aliphatic carbocycles. The number of fused-ring (bicyclic) bond motifs is 3. The maximum Gasteiger partial charge on any atom is 0.153 e. The van der Waals surface area contributed by atoms with Crippen molar-refractivity contribution in [1.29, 1.82) is 10.5 Å². The van der Waals surface area contributed by atoms with Crippen LogP contribution >= 0.6 is 0 Å². The first-order valence-corrected chi connectivity index (χ1v) is 12.0. The molecule has 0 radical (unpaired) electrons. The van der Waals surface area contributed by atoms with Crippen LogP contribution in [-0.2, 0) is 6.54 Å². The number of rotatable bonds is 8. The van der Waals surface area contributed by atoms with Crippen molar-refractivity contribution in [2.75, 3.05) is 17.2 Å². The number of aryl methyl sites for hydroxylation is 2.